The van der Waals surface area contributed by atoms with Crippen LogP contribution in [0.25, 0.3) is 0 Å². The van der Waals surface area contributed by atoms with Crippen molar-refractivity contribution in [3.05, 3.63) is 0 Å². The van der Waals surface area contributed by atoms with E-state index in [9.17, 15) is 9.59 Å². The highest BCUT2D eigenvalue weighted by atomic mass is 16.2. The molecule has 6 nitrogen and oxygen atoms in total. The van der Waals surface area contributed by atoms with E-state index in [2.05, 4.69) is 21.8 Å². The fourth-order valence-electron chi connectivity index (χ4n) is 0.282. The van der Waals surface area contributed by atoms with Crippen LogP contribution in [0.15, 0.2) is 4.99 Å². The van der Waals surface area contributed by atoms with Crippen LogP contribution in [0.5, 0.6) is 0 Å². The molecule has 0 aromatic heterocycles. The highest BCUT2D eigenvalue weighted by Gasteiger charge is 1.86. The van der Waals surface area contributed by atoms with Crippen LogP contribution in [-0.4, -0.2) is 24.8 Å². The highest BCUT2D eigenvalue weighted by Crippen LogP contribution is 1.62. The zero-order valence-corrected chi connectivity index (χ0v) is 5.20. The Hall–Kier alpha value is -1.59. The molecule has 0 aliphatic rings. The third kappa shape index (κ3) is 6.41. The van der Waals surface area contributed by atoms with E-state index in [-0.39, 0.29) is 6.54 Å². The van der Waals surface area contributed by atoms with Crippen LogP contribution in [0.1, 0.15) is 0 Å². The molecule has 0 saturated carbocycles. The Morgan fingerprint density at radius 2 is 2.10 bits per heavy atom. The summed E-state index contributed by atoms with van der Waals surface area (Å²) in [6.07, 6.45) is 1.16. The van der Waals surface area contributed by atoms with Crippen molar-refractivity contribution in [3.8, 4) is 0 Å². The van der Waals surface area contributed by atoms with Gasteiger partial charge < -0.3 is 16.8 Å². The van der Waals surface area contributed by atoms with Crippen molar-refractivity contribution in [1.29, 1.82) is 0 Å². The van der Waals surface area contributed by atoms with Crippen molar-refractivity contribution in [2.24, 2.45) is 16.5 Å². The first-order chi connectivity index (χ1) is 4.63. The maximum absolute atomic E-state index is 9.98. The van der Waals surface area contributed by atoms with Crippen LogP contribution < -0.4 is 16.8 Å². The molecule has 0 saturated heterocycles. The first-order valence-electron chi connectivity index (χ1n) is 2.48. The van der Waals surface area contributed by atoms with Crippen molar-refractivity contribution >= 4 is 18.3 Å². The van der Waals surface area contributed by atoms with Gasteiger partial charge in [0.2, 0.25) is 0 Å². The Morgan fingerprint density at radius 1 is 1.50 bits per heavy atom. The lowest BCUT2D eigenvalue weighted by molar-refractivity contribution is 0.250. The van der Waals surface area contributed by atoms with Gasteiger partial charge in [-0.05, 0) is 0 Å². The number of amides is 4. The minimum absolute atomic E-state index is 0.109. The van der Waals surface area contributed by atoms with Gasteiger partial charge in [-0.25, -0.2) is 14.6 Å². The minimum Gasteiger partial charge on any atom is -0.352 e. The van der Waals surface area contributed by atoms with Crippen LogP contribution >= 0.6 is 0 Å². The van der Waals surface area contributed by atoms with E-state index in [1.807, 2.05) is 0 Å². The summed E-state index contributed by atoms with van der Waals surface area (Å²) in [6.45, 7) is 0.109. The number of hydrogen-bond acceptors (Lipinski definition) is 2. The molecule has 0 atom stereocenters. The molecule has 56 valence electrons. The Kier molecular flexibility index (Phi) is 3.62. The third-order valence-corrected chi connectivity index (χ3v) is 0.586. The highest BCUT2D eigenvalue weighted by molar-refractivity contribution is 5.84. The van der Waals surface area contributed by atoms with E-state index in [0.717, 1.165) is 6.21 Å². The Morgan fingerprint density at radius 3 is 2.50 bits per heavy atom. The number of aliphatic imine (C=N–C) groups is 1. The Labute approximate surface area is 57.3 Å². The zero-order chi connectivity index (χ0) is 7.98. The topological polar surface area (TPSA) is 111 Å². The van der Waals surface area contributed by atoms with Gasteiger partial charge in [0.25, 0.3) is 0 Å². The van der Waals surface area contributed by atoms with E-state index in [0.29, 0.717) is 0 Å². The van der Waals surface area contributed by atoms with Crippen LogP contribution in [0.3, 0.4) is 0 Å². The van der Waals surface area contributed by atoms with Crippen molar-refractivity contribution in [3.63, 3.8) is 0 Å². The molecule has 0 spiro atoms. The molecule has 0 aliphatic heterocycles. The number of nitrogens with zero attached hydrogens (tertiary/aromatic N) is 1. The quantitative estimate of drug-likeness (QED) is 0.423. The Balaban J connectivity index is 3.36. The molecule has 4 amide bonds. The average molecular weight is 144 g/mol. The Bertz CT molecular complexity index is 165. The molecule has 0 aliphatic carbocycles. The number of urea groups is 2. The number of primary amides is 2. The van der Waals surface area contributed by atoms with Gasteiger partial charge in [0, 0.05) is 6.21 Å². The fraction of sp³-hybridized carbons (Fsp3) is 0.250. The summed E-state index contributed by atoms with van der Waals surface area (Å²) >= 11 is 0. The van der Waals surface area contributed by atoms with Gasteiger partial charge in [0.1, 0.15) is 0 Å². The summed E-state index contributed by atoms with van der Waals surface area (Å²) < 4.78 is 0. The first kappa shape index (κ1) is 8.41. The summed E-state index contributed by atoms with van der Waals surface area (Å²) in [4.78, 5) is 23.0. The van der Waals surface area contributed by atoms with Crippen LogP contribution in [0, 0.1) is 0 Å². The number of carbonyl (C=O) groups is 2. The summed E-state index contributed by atoms with van der Waals surface area (Å²) in [6, 6.07) is -1.47. The predicted octanol–water partition coefficient (Wildman–Crippen LogP) is -1.20. The minimum atomic E-state index is -0.800. The van der Waals surface area contributed by atoms with E-state index in [1.54, 1.807) is 0 Å². The van der Waals surface area contributed by atoms with Crippen molar-refractivity contribution < 1.29 is 9.59 Å². The monoisotopic (exact) mass is 144 g/mol. The van der Waals surface area contributed by atoms with Crippen molar-refractivity contribution in [1.82, 2.24) is 5.32 Å². The van der Waals surface area contributed by atoms with E-state index >= 15 is 0 Å². The van der Waals surface area contributed by atoms with E-state index in [1.165, 1.54) is 0 Å². The molecule has 6 heteroatoms. The van der Waals surface area contributed by atoms with Gasteiger partial charge >= 0.3 is 12.1 Å². The molecule has 0 heterocycles. The molecule has 0 fully saturated rings. The summed E-state index contributed by atoms with van der Waals surface area (Å²) in [7, 11) is 0. The smallest absolute Gasteiger partial charge is 0.338 e. The fourth-order valence-corrected chi connectivity index (χ4v) is 0.282. The second-order valence-electron chi connectivity index (χ2n) is 1.40. The molecular formula is C4H8N4O2. The largest absolute Gasteiger partial charge is 0.352 e. The molecule has 0 bridgehead atoms. The summed E-state index contributed by atoms with van der Waals surface area (Å²) in [5.41, 5.74) is 9.31. The number of rotatable bonds is 2. The molecular weight excluding hydrogens is 136 g/mol. The normalized spacial score (nSPS) is 9.60. The second kappa shape index (κ2) is 4.30. The molecule has 0 aromatic rings. The van der Waals surface area contributed by atoms with Crippen molar-refractivity contribution in [2.45, 2.75) is 0 Å². The van der Waals surface area contributed by atoms with Crippen LogP contribution in [0.4, 0.5) is 9.59 Å². The molecule has 0 rings (SSSR count). The van der Waals surface area contributed by atoms with E-state index < -0.39 is 12.1 Å². The number of hydrogen-bond donors (Lipinski definition) is 3. The van der Waals surface area contributed by atoms with Gasteiger partial charge in [-0.1, -0.05) is 0 Å². The standard InChI is InChI=1S/C4H8N4O2/c5-3(9)7-1-2-8-4(6)10/h1H,2H2,(H2,5,9)(H3,6,8,10). The SMILES string of the molecule is NC(=O)N=CCNC(N)=O. The maximum Gasteiger partial charge on any atom is 0.338 e. The first-order valence-corrected chi connectivity index (χ1v) is 2.48. The van der Waals surface area contributed by atoms with Gasteiger partial charge in [-0.15, -0.1) is 0 Å². The number of carbonyl (C=O) groups excluding carboxylic acids is 2. The lowest BCUT2D eigenvalue weighted by atomic mass is 10.7. The average Bonchev–Trinajstić information content (AvgIpc) is 1.79. The molecule has 0 aromatic carbocycles. The molecule has 10 heavy (non-hydrogen) atoms. The summed E-state index contributed by atoms with van der Waals surface area (Å²) in [5, 5.41) is 2.18. The van der Waals surface area contributed by atoms with Crippen LogP contribution in [-0.2, 0) is 0 Å². The van der Waals surface area contributed by atoms with Gasteiger partial charge in [-0.2, -0.15) is 0 Å². The number of nitrogens with two attached hydrogens (primary N) is 2. The zero-order valence-electron chi connectivity index (χ0n) is 5.20. The molecule has 0 unspecified atom stereocenters. The van der Waals surface area contributed by atoms with Crippen molar-refractivity contribution in [2.75, 3.05) is 6.54 Å². The third-order valence-electron chi connectivity index (χ3n) is 0.586. The predicted molar refractivity (Wildman–Crippen MR) is 35.7 cm³/mol. The summed E-state index contributed by atoms with van der Waals surface area (Å²) in [5.74, 6) is 0. The van der Waals surface area contributed by atoms with Gasteiger partial charge in [0.15, 0.2) is 0 Å². The van der Waals surface area contributed by atoms with E-state index in [4.69, 9.17) is 0 Å². The maximum atomic E-state index is 9.98. The lowest BCUT2D eigenvalue weighted by Gasteiger charge is -1.91. The van der Waals surface area contributed by atoms with Gasteiger partial charge in [-0.3, -0.25) is 0 Å². The second-order valence-corrected chi connectivity index (χ2v) is 1.40. The lowest BCUT2D eigenvalue weighted by Crippen LogP contribution is -2.30. The molecule has 5 N–H and O–H groups in total. The van der Waals surface area contributed by atoms with Crippen LogP contribution in [0.2, 0.25) is 0 Å². The van der Waals surface area contributed by atoms with Gasteiger partial charge in [0.05, 0.1) is 6.54 Å². The molecule has 0 radical (unpaired) electrons. The number of nitrogens with one attached hydrogen (secondary N) is 1.